The molecule has 1 atom stereocenters. The molecule has 1 aromatic carbocycles. The third-order valence-electron chi connectivity index (χ3n) is 3.43. The van der Waals surface area contributed by atoms with E-state index in [4.69, 9.17) is 4.74 Å². The Bertz CT molecular complexity index is 429. The average molecular weight is 301 g/mol. The molecule has 0 aliphatic rings. The summed E-state index contributed by atoms with van der Waals surface area (Å²) in [7, 11) is 0. The van der Waals surface area contributed by atoms with Crippen molar-refractivity contribution >= 4 is 0 Å². The lowest BCUT2D eigenvalue weighted by atomic mass is 9.95. The molecule has 0 saturated carbocycles. The summed E-state index contributed by atoms with van der Waals surface area (Å²) in [5.74, 6) is -1.22. The van der Waals surface area contributed by atoms with Crippen LogP contribution >= 0.6 is 0 Å². The number of benzene rings is 1. The van der Waals surface area contributed by atoms with Crippen molar-refractivity contribution in [2.24, 2.45) is 0 Å². The molecule has 0 aliphatic heterocycles. The number of hydrogen-bond acceptors (Lipinski definition) is 3. The van der Waals surface area contributed by atoms with Crippen molar-refractivity contribution in [3.05, 3.63) is 29.8 Å². The van der Waals surface area contributed by atoms with E-state index in [-0.39, 0.29) is 17.9 Å². The minimum atomic E-state index is -0.681. The first kappa shape index (κ1) is 17.9. The van der Waals surface area contributed by atoms with Crippen molar-refractivity contribution in [3.63, 3.8) is 0 Å². The number of aliphatic hydroxyl groups excluding tert-OH is 1. The largest absolute Gasteiger partial charge is 0.491 e. The fourth-order valence-electron chi connectivity index (χ4n) is 2.04. The first-order valence-corrected chi connectivity index (χ1v) is 7.44. The lowest BCUT2D eigenvalue weighted by Gasteiger charge is -2.28. The van der Waals surface area contributed by atoms with Crippen molar-refractivity contribution in [1.29, 1.82) is 0 Å². The molecule has 0 heterocycles. The Morgan fingerprint density at radius 3 is 2.67 bits per heavy atom. The lowest BCUT2D eigenvalue weighted by molar-refractivity contribution is 0.160. The summed E-state index contributed by atoms with van der Waals surface area (Å²) in [6, 6.07) is 3.29. The Labute approximate surface area is 125 Å². The number of rotatable bonds is 10. The van der Waals surface area contributed by atoms with E-state index in [0.29, 0.717) is 6.61 Å². The molecule has 2 N–H and O–H groups in total. The van der Waals surface area contributed by atoms with Gasteiger partial charge in [-0.3, -0.25) is 0 Å². The van der Waals surface area contributed by atoms with Gasteiger partial charge in [0, 0.05) is 11.6 Å². The zero-order chi connectivity index (χ0) is 15.7. The molecule has 120 valence electrons. The quantitative estimate of drug-likeness (QED) is 0.652. The van der Waals surface area contributed by atoms with Crippen LogP contribution in [0.5, 0.6) is 5.75 Å². The summed E-state index contributed by atoms with van der Waals surface area (Å²) in [6.45, 7) is 5.39. The third kappa shape index (κ3) is 6.40. The average Bonchev–Trinajstić information content (AvgIpc) is 2.47. The van der Waals surface area contributed by atoms with Crippen molar-refractivity contribution in [2.75, 3.05) is 19.8 Å². The van der Waals surface area contributed by atoms with E-state index in [9.17, 15) is 13.9 Å². The Hall–Kier alpha value is -1.20. The van der Waals surface area contributed by atoms with Gasteiger partial charge in [-0.2, -0.15) is 0 Å². The summed E-state index contributed by atoms with van der Waals surface area (Å²) in [5, 5.41) is 12.8. The van der Waals surface area contributed by atoms with Crippen molar-refractivity contribution in [1.82, 2.24) is 5.32 Å². The first-order valence-electron chi connectivity index (χ1n) is 7.44. The van der Waals surface area contributed by atoms with Crippen molar-refractivity contribution < 1.29 is 18.6 Å². The first-order chi connectivity index (χ1) is 10.0. The number of unbranched alkanes of at least 4 members (excludes halogenated alkanes) is 1. The predicted molar refractivity (Wildman–Crippen MR) is 79.5 cm³/mol. The van der Waals surface area contributed by atoms with E-state index < -0.39 is 11.6 Å². The van der Waals surface area contributed by atoms with Crippen molar-refractivity contribution in [3.8, 4) is 5.75 Å². The van der Waals surface area contributed by atoms with Gasteiger partial charge in [-0.25, -0.2) is 8.78 Å². The highest BCUT2D eigenvalue weighted by molar-refractivity contribution is 5.24. The van der Waals surface area contributed by atoms with Crippen LogP contribution in [0.1, 0.15) is 39.5 Å². The van der Waals surface area contributed by atoms with Crippen LogP contribution in [0.2, 0.25) is 0 Å². The molecule has 0 radical (unpaired) electrons. The number of ether oxygens (including phenoxy) is 1. The molecule has 1 rings (SSSR count). The standard InChI is InChI=1S/C16H25F2NO2/c1-3-9-19-16(2,12-20)8-4-5-10-21-15-7-6-13(17)11-14(15)18/h6-7,11,19-20H,3-5,8-10,12H2,1-2H3. The maximum absolute atomic E-state index is 13.3. The maximum Gasteiger partial charge on any atom is 0.167 e. The van der Waals surface area contributed by atoms with Crippen LogP contribution in [0.25, 0.3) is 0 Å². The third-order valence-corrected chi connectivity index (χ3v) is 3.43. The predicted octanol–water partition coefficient (Wildman–Crippen LogP) is 3.26. The monoisotopic (exact) mass is 301 g/mol. The molecule has 0 spiro atoms. The van der Waals surface area contributed by atoms with E-state index in [1.165, 1.54) is 12.1 Å². The van der Waals surface area contributed by atoms with Crippen LogP contribution in [-0.4, -0.2) is 30.4 Å². The van der Waals surface area contributed by atoms with E-state index >= 15 is 0 Å². The Kier molecular flexibility index (Phi) is 7.61. The smallest absolute Gasteiger partial charge is 0.167 e. The van der Waals surface area contributed by atoms with Gasteiger partial charge in [0.25, 0.3) is 0 Å². The fourth-order valence-corrected chi connectivity index (χ4v) is 2.04. The van der Waals surface area contributed by atoms with Crippen LogP contribution < -0.4 is 10.1 Å². The molecule has 0 saturated heterocycles. The SMILES string of the molecule is CCCNC(C)(CO)CCCCOc1ccc(F)cc1F. The molecule has 0 bridgehead atoms. The highest BCUT2D eigenvalue weighted by Gasteiger charge is 2.21. The number of nitrogens with one attached hydrogen (secondary N) is 1. The van der Waals surface area contributed by atoms with Gasteiger partial charge in [0.15, 0.2) is 11.6 Å². The molecule has 1 unspecified atom stereocenters. The zero-order valence-electron chi connectivity index (χ0n) is 12.8. The summed E-state index contributed by atoms with van der Waals surface area (Å²) in [4.78, 5) is 0. The summed E-state index contributed by atoms with van der Waals surface area (Å²) < 4.78 is 31.4. The summed E-state index contributed by atoms with van der Waals surface area (Å²) >= 11 is 0. The molecule has 0 fully saturated rings. The van der Waals surface area contributed by atoms with Crippen LogP contribution in [0.15, 0.2) is 18.2 Å². The normalized spacial score (nSPS) is 14.0. The Balaban J connectivity index is 2.27. The van der Waals surface area contributed by atoms with Gasteiger partial charge in [-0.15, -0.1) is 0 Å². The second kappa shape index (κ2) is 8.95. The minimum Gasteiger partial charge on any atom is -0.491 e. The van der Waals surface area contributed by atoms with Gasteiger partial charge >= 0.3 is 0 Å². The molecular formula is C16H25F2NO2. The maximum atomic E-state index is 13.3. The van der Waals surface area contributed by atoms with Crippen LogP contribution in [0, 0.1) is 11.6 Å². The number of aliphatic hydroxyl groups is 1. The molecule has 0 aromatic heterocycles. The van der Waals surface area contributed by atoms with Gasteiger partial charge in [-0.05, 0) is 51.3 Å². The molecule has 0 aliphatic carbocycles. The van der Waals surface area contributed by atoms with Crippen molar-refractivity contribution in [2.45, 2.75) is 45.1 Å². The molecule has 1 aromatic rings. The Morgan fingerprint density at radius 2 is 2.05 bits per heavy atom. The molecule has 5 heteroatoms. The highest BCUT2D eigenvalue weighted by Crippen LogP contribution is 2.19. The molecular weight excluding hydrogens is 276 g/mol. The van der Waals surface area contributed by atoms with Gasteiger partial charge < -0.3 is 15.2 Å². The van der Waals surface area contributed by atoms with Crippen LogP contribution in [-0.2, 0) is 0 Å². The summed E-state index contributed by atoms with van der Waals surface area (Å²) in [6.07, 6.45) is 3.44. The topological polar surface area (TPSA) is 41.5 Å². The summed E-state index contributed by atoms with van der Waals surface area (Å²) in [5.41, 5.74) is -0.281. The molecule has 21 heavy (non-hydrogen) atoms. The van der Waals surface area contributed by atoms with Gasteiger partial charge in [0.1, 0.15) is 5.82 Å². The van der Waals surface area contributed by atoms with Gasteiger partial charge in [-0.1, -0.05) is 6.92 Å². The van der Waals surface area contributed by atoms with E-state index in [0.717, 1.165) is 38.3 Å². The Morgan fingerprint density at radius 1 is 1.29 bits per heavy atom. The van der Waals surface area contributed by atoms with Gasteiger partial charge in [0.2, 0.25) is 0 Å². The number of hydrogen-bond donors (Lipinski definition) is 2. The second-order valence-electron chi connectivity index (χ2n) is 5.53. The second-order valence-corrected chi connectivity index (χ2v) is 5.53. The van der Waals surface area contributed by atoms with E-state index in [1.807, 2.05) is 6.92 Å². The van der Waals surface area contributed by atoms with Crippen LogP contribution in [0.3, 0.4) is 0 Å². The molecule has 0 amide bonds. The minimum absolute atomic E-state index is 0.0745. The number of halogens is 2. The highest BCUT2D eigenvalue weighted by atomic mass is 19.1. The van der Waals surface area contributed by atoms with E-state index in [2.05, 4.69) is 12.2 Å². The lowest BCUT2D eigenvalue weighted by Crippen LogP contribution is -2.46. The van der Waals surface area contributed by atoms with E-state index in [1.54, 1.807) is 0 Å². The zero-order valence-corrected chi connectivity index (χ0v) is 12.8. The van der Waals surface area contributed by atoms with Crippen LogP contribution in [0.4, 0.5) is 8.78 Å². The molecule has 3 nitrogen and oxygen atoms in total. The fraction of sp³-hybridized carbons (Fsp3) is 0.625. The van der Waals surface area contributed by atoms with Gasteiger partial charge in [0.05, 0.1) is 13.2 Å².